The van der Waals surface area contributed by atoms with E-state index in [1.165, 1.54) is 0 Å². The molecule has 0 aromatic carbocycles. The van der Waals surface area contributed by atoms with Crippen LogP contribution < -0.4 is 5.73 Å². The monoisotopic (exact) mass is 169 g/mol. The fraction of sp³-hybridized carbons (Fsp3) is 0.667. The Morgan fingerprint density at radius 3 is 2.55 bits per heavy atom. The molecule has 0 amide bonds. The summed E-state index contributed by atoms with van der Waals surface area (Å²) in [5.74, 6) is 3.02. The summed E-state index contributed by atoms with van der Waals surface area (Å²) in [6.45, 7) is 4.22. The summed E-state index contributed by atoms with van der Waals surface area (Å²) in [5, 5.41) is 0. The molecule has 0 saturated carbocycles. The molecule has 0 fully saturated rings. The highest BCUT2D eigenvalue weighted by molar-refractivity contribution is 7.80. The molecule has 2 atom stereocenters. The van der Waals surface area contributed by atoms with Crippen molar-refractivity contribution in [3.63, 3.8) is 0 Å². The van der Waals surface area contributed by atoms with Gasteiger partial charge in [-0.15, -0.1) is 6.42 Å². The van der Waals surface area contributed by atoms with E-state index in [9.17, 15) is 0 Å². The Morgan fingerprint density at radius 1 is 1.73 bits per heavy atom. The summed E-state index contributed by atoms with van der Waals surface area (Å²) in [5.41, 5.74) is 5.47. The molecule has 0 aromatic rings. The minimum Gasteiger partial charge on any atom is -0.392 e. The van der Waals surface area contributed by atoms with Gasteiger partial charge >= 0.3 is 0 Å². The average Bonchev–Trinajstić information content (AvgIpc) is 1.88. The summed E-state index contributed by atoms with van der Waals surface area (Å²) in [4.78, 5) is 0.452. The van der Waals surface area contributed by atoms with Crippen LogP contribution in [0.5, 0.6) is 0 Å². The van der Waals surface area contributed by atoms with Gasteiger partial charge in [-0.3, -0.25) is 0 Å². The van der Waals surface area contributed by atoms with E-state index in [-0.39, 0.29) is 5.92 Å². The first-order valence-corrected chi connectivity index (χ1v) is 4.29. The lowest BCUT2D eigenvalue weighted by Gasteiger charge is -2.16. The van der Waals surface area contributed by atoms with Gasteiger partial charge in [-0.2, -0.15) is 0 Å². The largest absolute Gasteiger partial charge is 0.392 e. The molecule has 0 radical (unpaired) electrons. The van der Waals surface area contributed by atoms with Crippen molar-refractivity contribution in [3.05, 3.63) is 0 Å². The van der Waals surface area contributed by atoms with Crippen LogP contribution in [-0.4, -0.2) is 4.99 Å². The van der Waals surface area contributed by atoms with Crippen molar-refractivity contribution >= 4 is 17.2 Å². The van der Waals surface area contributed by atoms with E-state index in [0.717, 1.165) is 12.8 Å². The van der Waals surface area contributed by atoms with Gasteiger partial charge in [0.05, 0.1) is 10.9 Å². The van der Waals surface area contributed by atoms with Crippen LogP contribution in [0, 0.1) is 24.2 Å². The SMILES string of the molecule is C#CC(C(N)=S)C(C)CCC. The molecule has 0 heterocycles. The van der Waals surface area contributed by atoms with Crippen molar-refractivity contribution in [2.75, 3.05) is 0 Å². The van der Waals surface area contributed by atoms with E-state index in [0.29, 0.717) is 10.9 Å². The number of thiocarbonyl (C=S) groups is 1. The Kier molecular flexibility index (Phi) is 4.89. The maximum Gasteiger partial charge on any atom is 0.0882 e. The number of hydrogen-bond donors (Lipinski definition) is 1. The maximum atomic E-state index is 5.47. The number of hydrogen-bond acceptors (Lipinski definition) is 1. The van der Waals surface area contributed by atoms with Gasteiger partial charge in [0.1, 0.15) is 0 Å². The van der Waals surface area contributed by atoms with Gasteiger partial charge in [0.25, 0.3) is 0 Å². The fourth-order valence-electron chi connectivity index (χ4n) is 1.15. The molecule has 0 rings (SSSR count). The van der Waals surface area contributed by atoms with Crippen LogP contribution in [0.25, 0.3) is 0 Å². The molecule has 11 heavy (non-hydrogen) atoms. The Balaban J connectivity index is 4.05. The van der Waals surface area contributed by atoms with Crippen molar-refractivity contribution in [3.8, 4) is 12.3 Å². The van der Waals surface area contributed by atoms with Crippen LogP contribution in [0.15, 0.2) is 0 Å². The summed E-state index contributed by atoms with van der Waals surface area (Å²) in [7, 11) is 0. The van der Waals surface area contributed by atoms with E-state index in [4.69, 9.17) is 24.4 Å². The first-order chi connectivity index (χ1) is 5.13. The Morgan fingerprint density at radius 2 is 2.27 bits per heavy atom. The van der Waals surface area contributed by atoms with E-state index >= 15 is 0 Å². The first-order valence-electron chi connectivity index (χ1n) is 3.88. The van der Waals surface area contributed by atoms with Crippen molar-refractivity contribution in [1.29, 1.82) is 0 Å². The van der Waals surface area contributed by atoms with Crippen LogP contribution in [-0.2, 0) is 0 Å². The third-order valence-corrected chi connectivity index (χ3v) is 2.05. The van der Waals surface area contributed by atoms with Gasteiger partial charge in [0.2, 0.25) is 0 Å². The zero-order valence-corrected chi connectivity index (χ0v) is 7.95. The quantitative estimate of drug-likeness (QED) is 0.514. The molecule has 2 N–H and O–H groups in total. The van der Waals surface area contributed by atoms with E-state index < -0.39 is 0 Å². The molecule has 0 aliphatic carbocycles. The standard InChI is InChI=1S/C9H15NS/c1-4-6-7(3)8(5-2)9(10)11/h2,7-8H,4,6H2,1,3H3,(H2,10,11). The molecule has 1 nitrogen and oxygen atoms in total. The molecule has 0 aromatic heterocycles. The highest BCUT2D eigenvalue weighted by atomic mass is 32.1. The molecular formula is C9H15NS. The summed E-state index contributed by atoms with van der Waals surface area (Å²) < 4.78 is 0. The lowest BCUT2D eigenvalue weighted by molar-refractivity contribution is 0.485. The average molecular weight is 169 g/mol. The maximum absolute atomic E-state index is 5.47. The smallest absolute Gasteiger partial charge is 0.0882 e. The zero-order chi connectivity index (χ0) is 8.85. The van der Waals surface area contributed by atoms with Gasteiger partial charge in [0, 0.05) is 0 Å². The lowest BCUT2D eigenvalue weighted by atomic mass is 9.91. The fourth-order valence-corrected chi connectivity index (χ4v) is 1.45. The highest BCUT2D eigenvalue weighted by Crippen LogP contribution is 2.16. The zero-order valence-electron chi connectivity index (χ0n) is 7.13. The molecule has 2 heteroatoms. The number of nitrogens with two attached hydrogens (primary N) is 1. The molecular weight excluding hydrogens is 154 g/mol. The predicted molar refractivity (Wildman–Crippen MR) is 53.2 cm³/mol. The molecule has 0 bridgehead atoms. The molecule has 0 aliphatic rings. The van der Waals surface area contributed by atoms with Crippen molar-refractivity contribution in [2.45, 2.75) is 26.7 Å². The van der Waals surface area contributed by atoms with Gasteiger partial charge in [-0.1, -0.05) is 38.4 Å². The summed E-state index contributed by atoms with van der Waals surface area (Å²) in [6, 6.07) is 0. The summed E-state index contributed by atoms with van der Waals surface area (Å²) >= 11 is 4.84. The third-order valence-electron chi connectivity index (χ3n) is 1.80. The lowest BCUT2D eigenvalue weighted by Crippen LogP contribution is -2.25. The van der Waals surface area contributed by atoms with Crippen molar-refractivity contribution < 1.29 is 0 Å². The molecule has 0 spiro atoms. The van der Waals surface area contributed by atoms with Crippen LogP contribution >= 0.6 is 12.2 Å². The summed E-state index contributed by atoms with van der Waals surface area (Å²) in [6.07, 6.45) is 7.50. The first kappa shape index (κ1) is 10.4. The number of rotatable bonds is 4. The van der Waals surface area contributed by atoms with Gasteiger partial charge in [0.15, 0.2) is 0 Å². The normalized spacial score (nSPS) is 15.0. The topological polar surface area (TPSA) is 26.0 Å². The predicted octanol–water partition coefficient (Wildman–Crippen LogP) is 1.96. The van der Waals surface area contributed by atoms with Gasteiger partial charge in [-0.25, -0.2) is 0 Å². The van der Waals surface area contributed by atoms with Gasteiger partial charge in [-0.05, 0) is 12.3 Å². The minimum atomic E-state index is -0.0232. The van der Waals surface area contributed by atoms with Crippen LogP contribution in [0.2, 0.25) is 0 Å². The Hall–Kier alpha value is -0.550. The second-order valence-electron chi connectivity index (χ2n) is 2.81. The molecule has 0 saturated heterocycles. The van der Waals surface area contributed by atoms with E-state index in [1.54, 1.807) is 0 Å². The van der Waals surface area contributed by atoms with E-state index in [1.807, 2.05) is 0 Å². The molecule has 0 aliphatic heterocycles. The van der Waals surface area contributed by atoms with Crippen molar-refractivity contribution in [2.24, 2.45) is 17.6 Å². The van der Waals surface area contributed by atoms with Crippen LogP contribution in [0.3, 0.4) is 0 Å². The second-order valence-corrected chi connectivity index (χ2v) is 3.28. The van der Waals surface area contributed by atoms with Crippen LogP contribution in [0.1, 0.15) is 26.7 Å². The third kappa shape index (κ3) is 3.38. The Bertz CT molecular complexity index is 169. The number of terminal acetylenes is 1. The highest BCUT2D eigenvalue weighted by Gasteiger charge is 2.15. The molecule has 62 valence electrons. The molecule has 2 unspecified atom stereocenters. The Labute approximate surface area is 74.4 Å². The second kappa shape index (κ2) is 5.15. The van der Waals surface area contributed by atoms with E-state index in [2.05, 4.69) is 19.8 Å². The van der Waals surface area contributed by atoms with Crippen molar-refractivity contribution in [1.82, 2.24) is 0 Å². The van der Waals surface area contributed by atoms with Gasteiger partial charge < -0.3 is 5.73 Å². The minimum absolute atomic E-state index is 0.0232. The van der Waals surface area contributed by atoms with Crippen LogP contribution in [0.4, 0.5) is 0 Å².